The van der Waals surface area contributed by atoms with Crippen LogP contribution in [0, 0.1) is 0 Å². The molecule has 1 amide bonds. The number of benzene rings is 1. The summed E-state index contributed by atoms with van der Waals surface area (Å²) in [7, 11) is 1.60. The molecule has 10 nitrogen and oxygen atoms in total. The molecule has 0 fully saturated rings. The summed E-state index contributed by atoms with van der Waals surface area (Å²) in [6.07, 6.45) is 0.612. The Morgan fingerprint density at radius 3 is 2.67 bits per heavy atom. The fourth-order valence-electron chi connectivity index (χ4n) is 3.13. The van der Waals surface area contributed by atoms with E-state index in [2.05, 4.69) is 20.8 Å². The van der Waals surface area contributed by atoms with Crippen LogP contribution in [0.25, 0.3) is 15.8 Å². The lowest BCUT2D eigenvalue weighted by molar-refractivity contribution is -0.121. The molecule has 3 aromatic heterocycles. The van der Waals surface area contributed by atoms with Crippen molar-refractivity contribution in [1.82, 2.24) is 34.9 Å². The lowest BCUT2D eigenvalue weighted by atomic mass is 10.1. The number of carbonyl (C=O) groups excluding carboxylic acids is 1. The SMILES string of the molecule is Cn1nc(CCC(=O)NCCn2nnn(-c3cccs3)c2=O)c2ccccc2c1=O. The molecule has 0 aliphatic rings. The number of tetrazole rings is 1. The summed E-state index contributed by atoms with van der Waals surface area (Å²) in [5, 5.41) is 18.6. The molecule has 1 N–H and O–H groups in total. The summed E-state index contributed by atoms with van der Waals surface area (Å²) in [6, 6.07) is 10.8. The zero-order valence-corrected chi connectivity index (χ0v) is 17.0. The Bertz CT molecular complexity index is 1300. The summed E-state index contributed by atoms with van der Waals surface area (Å²) in [6.45, 7) is 0.473. The van der Waals surface area contributed by atoms with Crippen molar-refractivity contribution in [3.63, 3.8) is 0 Å². The molecule has 0 spiro atoms. The van der Waals surface area contributed by atoms with Gasteiger partial charge in [0.05, 0.1) is 17.6 Å². The molecule has 30 heavy (non-hydrogen) atoms. The maximum atomic E-state index is 12.3. The first-order valence-electron chi connectivity index (χ1n) is 9.33. The molecule has 0 unspecified atom stereocenters. The fraction of sp³-hybridized carbons (Fsp3) is 0.263. The molecule has 11 heteroatoms. The second-order valence-corrected chi connectivity index (χ2v) is 7.54. The average molecular weight is 425 g/mol. The van der Waals surface area contributed by atoms with Gasteiger partial charge in [-0.15, -0.1) is 11.3 Å². The highest BCUT2D eigenvalue weighted by atomic mass is 32.1. The fourth-order valence-corrected chi connectivity index (χ4v) is 3.79. The molecule has 3 heterocycles. The largest absolute Gasteiger partial charge is 0.369 e. The summed E-state index contributed by atoms with van der Waals surface area (Å²) < 4.78 is 3.73. The van der Waals surface area contributed by atoms with Gasteiger partial charge in [-0.05, 0) is 34.0 Å². The van der Waals surface area contributed by atoms with Crippen molar-refractivity contribution < 1.29 is 4.79 Å². The first kappa shape index (κ1) is 19.7. The van der Waals surface area contributed by atoms with Gasteiger partial charge in [0.1, 0.15) is 5.00 Å². The maximum absolute atomic E-state index is 12.3. The van der Waals surface area contributed by atoms with Crippen LogP contribution < -0.4 is 16.6 Å². The van der Waals surface area contributed by atoms with Crippen molar-refractivity contribution in [3.05, 3.63) is 68.3 Å². The van der Waals surface area contributed by atoms with Gasteiger partial charge in [-0.3, -0.25) is 9.59 Å². The van der Waals surface area contributed by atoms with Crippen LogP contribution in [0.2, 0.25) is 0 Å². The minimum absolute atomic E-state index is 0.167. The normalized spacial score (nSPS) is 11.1. The van der Waals surface area contributed by atoms with Crippen LogP contribution in [0.3, 0.4) is 0 Å². The van der Waals surface area contributed by atoms with E-state index in [4.69, 9.17) is 0 Å². The maximum Gasteiger partial charge on any atom is 0.369 e. The van der Waals surface area contributed by atoms with Crippen LogP contribution in [-0.2, 0) is 24.8 Å². The van der Waals surface area contributed by atoms with Crippen molar-refractivity contribution in [1.29, 1.82) is 0 Å². The molecule has 0 saturated heterocycles. The monoisotopic (exact) mass is 425 g/mol. The molecule has 154 valence electrons. The Kier molecular flexibility index (Phi) is 5.53. The number of hydrogen-bond acceptors (Lipinski definition) is 7. The molecule has 0 aliphatic carbocycles. The second kappa shape index (κ2) is 8.41. The molecule has 0 radical (unpaired) electrons. The van der Waals surface area contributed by atoms with Crippen molar-refractivity contribution >= 4 is 28.0 Å². The minimum atomic E-state index is -0.354. The van der Waals surface area contributed by atoms with E-state index in [1.54, 1.807) is 25.2 Å². The van der Waals surface area contributed by atoms with E-state index < -0.39 is 0 Å². The molecule has 0 aliphatic heterocycles. The van der Waals surface area contributed by atoms with Gasteiger partial charge in [-0.25, -0.2) is 9.48 Å². The van der Waals surface area contributed by atoms with Crippen LogP contribution >= 0.6 is 11.3 Å². The van der Waals surface area contributed by atoms with Crippen molar-refractivity contribution in [3.8, 4) is 5.00 Å². The number of hydrogen-bond donors (Lipinski definition) is 1. The highest BCUT2D eigenvalue weighted by Gasteiger charge is 2.12. The number of amides is 1. The molecule has 4 aromatic rings. The van der Waals surface area contributed by atoms with Crippen LogP contribution in [0.4, 0.5) is 0 Å². The predicted molar refractivity (Wildman–Crippen MR) is 112 cm³/mol. The van der Waals surface area contributed by atoms with Gasteiger partial charge in [0, 0.05) is 31.8 Å². The number of rotatable bonds is 7. The summed E-state index contributed by atoms with van der Waals surface area (Å²) >= 11 is 1.39. The minimum Gasteiger partial charge on any atom is -0.354 e. The third kappa shape index (κ3) is 3.92. The first-order chi connectivity index (χ1) is 14.5. The highest BCUT2D eigenvalue weighted by molar-refractivity contribution is 7.12. The number of carbonyl (C=O) groups is 1. The third-order valence-corrected chi connectivity index (χ3v) is 5.47. The number of aromatic nitrogens is 6. The van der Waals surface area contributed by atoms with Gasteiger partial charge in [-0.2, -0.15) is 14.5 Å². The van der Waals surface area contributed by atoms with Crippen molar-refractivity contribution in [2.45, 2.75) is 19.4 Å². The topological polar surface area (TPSA) is 117 Å². The van der Waals surface area contributed by atoms with Gasteiger partial charge in [0.15, 0.2) is 0 Å². The molecule has 1 aromatic carbocycles. The lowest BCUT2D eigenvalue weighted by Crippen LogP contribution is -2.32. The standard InChI is InChI=1S/C19H19N7O3S/c1-24-18(28)14-6-3-2-5-13(14)15(21-24)8-9-16(27)20-10-11-25-19(29)26(23-22-25)17-7-4-12-30-17/h2-7,12H,8-11H2,1H3,(H,20,27). The van der Waals surface area contributed by atoms with E-state index >= 15 is 0 Å². The smallest absolute Gasteiger partial charge is 0.354 e. The zero-order valence-electron chi connectivity index (χ0n) is 16.2. The van der Waals surface area contributed by atoms with E-state index in [1.165, 1.54) is 25.4 Å². The van der Waals surface area contributed by atoms with E-state index in [0.29, 0.717) is 22.5 Å². The van der Waals surface area contributed by atoms with E-state index in [9.17, 15) is 14.4 Å². The zero-order chi connectivity index (χ0) is 21.1. The van der Waals surface area contributed by atoms with E-state index in [0.717, 1.165) is 5.39 Å². The van der Waals surface area contributed by atoms with E-state index in [-0.39, 0.29) is 36.7 Å². The van der Waals surface area contributed by atoms with Gasteiger partial charge in [0.25, 0.3) is 5.56 Å². The molecule has 0 saturated carbocycles. The molecular formula is C19H19N7O3S. The quantitative estimate of drug-likeness (QED) is 0.461. The van der Waals surface area contributed by atoms with Gasteiger partial charge < -0.3 is 5.32 Å². The third-order valence-electron chi connectivity index (χ3n) is 4.62. The molecule has 4 rings (SSSR count). The number of nitrogens with zero attached hydrogens (tertiary/aromatic N) is 6. The Balaban J connectivity index is 1.35. The lowest BCUT2D eigenvalue weighted by Gasteiger charge is -2.08. The van der Waals surface area contributed by atoms with Crippen LogP contribution in [0.15, 0.2) is 51.4 Å². The summed E-state index contributed by atoms with van der Waals surface area (Å²) in [5.41, 5.74) is 0.172. The molecule has 0 atom stereocenters. The summed E-state index contributed by atoms with van der Waals surface area (Å²) in [5.74, 6) is -0.173. The summed E-state index contributed by atoms with van der Waals surface area (Å²) in [4.78, 5) is 36.7. The first-order valence-corrected chi connectivity index (χ1v) is 10.2. The Labute approximate surface area is 174 Å². The number of fused-ring (bicyclic) bond motifs is 1. The van der Waals surface area contributed by atoms with Crippen molar-refractivity contribution in [2.75, 3.05) is 6.54 Å². The van der Waals surface area contributed by atoms with E-state index in [1.807, 2.05) is 23.6 Å². The Hall–Kier alpha value is -3.60. The average Bonchev–Trinajstić information content (AvgIpc) is 3.40. The molecule has 0 bridgehead atoms. The van der Waals surface area contributed by atoms with Crippen LogP contribution in [-0.4, -0.2) is 42.0 Å². The predicted octanol–water partition coefficient (Wildman–Crippen LogP) is 0.486. The van der Waals surface area contributed by atoms with Gasteiger partial charge in [0.2, 0.25) is 5.91 Å². The van der Waals surface area contributed by atoms with Crippen molar-refractivity contribution in [2.24, 2.45) is 7.05 Å². The Morgan fingerprint density at radius 1 is 1.10 bits per heavy atom. The van der Waals surface area contributed by atoms with Gasteiger partial charge >= 0.3 is 5.69 Å². The van der Waals surface area contributed by atoms with Crippen LogP contribution in [0.5, 0.6) is 0 Å². The number of thiophene rings is 1. The number of nitrogens with one attached hydrogen (secondary N) is 1. The second-order valence-electron chi connectivity index (χ2n) is 6.62. The van der Waals surface area contributed by atoms with Crippen LogP contribution in [0.1, 0.15) is 12.1 Å². The number of aryl methyl sites for hydroxylation is 2. The Morgan fingerprint density at radius 2 is 1.90 bits per heavy atom. The molecular weight excluding hydrogens is 406 g/mol. The van der Waals surface area contributed by atoms with Gasteiger partial charge in [-0.1, -0.05) is 18.2 Å². The highest BCUT2D eigenvalue weighted by Crippen LogP contribution is 2.14.